The van der Waals surface area contributed by atoms with Crippen LogP contribution in [0.2, 0.25) is 0 Å². The van der Waals surface area contributed by atoms with Crippen LogP contribution in [-0.4, -0.2) is 22.9 Å². The van der Waals surface area contributed by atoms with Crippen molar-refractivity contribution < 1.29 is 19.1 Å². The summed E-state index contributed by atoms with van der Waals surface area (Å²) in [6.45, 7) is 2.42. The Morgan fingerprint density at radius 2 is 1.24 bits per heavy atom. The van der Waals surface area contributed by atoms with Crippen molar-refractivity contribution in [1.82, 2.24) is 9.97 Å². The minimum atomic E-state index is 0.245. The Balaban J connectivity index is 2.12. The molecule has 4 aromatic rings. The van der Waals surface area contributed by atoms with E-state index < -0.39 is 0 Å². The van der Waals surface area contributed by atoms with Crippen molar-refractivity contribution >= 4 is 24.0 Å². The maximum atomic E-state index is 11.1. The number of rotatable bonds is 6. The summed E-state index contributed by atoms with van der Waals surface area (Å²) in [5.74, 6) is 0.521. The number of carbonyl (C=O) groups is 2. The van der Waals surface area contributed by atoms with Crippen LogP contribution in [0.1, 0.15) is 5.56 Å². The molecule has 0 saturated carbocycles. The van der Waals surface area contributed by atoms with Gasteiger partial charge in [0.25, 0.3) is 12.9 Å². The zero-order chi connectivity index (χ0) is 20.2. The van der Waals surface area contributed by atoms with E-state index in [4.69, 9.17) is 19.4 Å². The summed E-state index contributed by atoms with van der Waals surface area (Å²) in [6, 6.07) is 20.8. The van der Waals surface area contributed by atoms with Gasteiger partial charge in [-0.3, -0.25) is 9.59 Å². The Labute approximate surface area is 166 Å². The summed E-state index contributed by atoms with van der Waals surface area (Å²) in [6.07, 6.45) is 0. The van der Waals surface area contributed by atoms with E-state index in [1.165, 1.54) is 0 Å². The van der Waals surface area contributed by atoms with Crippen LogP contribution in [0.4, 0.5) is 0 Å². The highest BCUT2D eigenvalue weighted by Gasteiger charge is 2.20. The van der Waals surface area contributed by atoms with Gasteiger partial charge in [0.2, 0.25) is 0 Å². The Morgan fingerprint density at radius 3 is 1.76 bits per heavy atom. The fourth-order valence-corrected chi connectivity index (χ4v) is 3.22. The standard InChI is InChI=1S/C23H16N2O4/c1-15-12-18(28-13-26)21-22(23(15)29-14-27)25-20(17-10-6-3-7-11-17)19(24-21)16-8-4-2-5-9-16/h2-14H,1H3. The number of aromatic nitrogens is 2. The number of benzene rings is 3. The molecular weight excluding hydrogens is 368 g/mol. The topological polar surface area (TPSA) is 78.4 Å². The highest BCUT2D eigenvalue weighted by molar-refractivity contribution is 5.94. The molecule has 0 spiro atoms. The van der Waals surface area contributed by atoms with E-state index in [9.17, 15) is 9.59 Å². The second-order valence-corrected chi connectivity index (χ2v) is 6.30. The molecule has 0 bridgehead atoms. The average Bonchev–Trinajstić information content (AvgIpc) is 2.77. The molecule has 1 aromatic heterocycles. The van der Waals surface area contributed by atoms with Crippen LogP contribution in [0.25, 0.3) is 33.5 Å². The Morgan fingerprint density at radius 1 is 0.724 bits per heavy atom. The van der Waals surface area contributed by atoms with Crippen molar-refractivity contribution in [3.63, 3.8) is 0 Å². The number of nitrogens with zero attached hydrogens (tertiary/aromatic N) is 2. The Bertz CT molecular complexity index is 1190. The molecule has 4 rings (SSSR count). The second-order valence-electron chi connectivity index (χ2n) is 6.30. The monoisotopic (exact) mass is 384 g/mol. The van der Waals surface area contributed by atoms with Gasteiger partial charge in [0.1, 0.15) is 11.0 Å². The molecule has 0 saturated heterocycles. The minimum Gasteiger partial charge on any atom is -0.426 e. The highest BCUT2D eigenvalue weighted by atomic mass is 16.5. The van der Waals surface area contributed by atoms with Crippen molar-refractivity contribution in [2.45, 2.75) is 6.92 Å². The molecular formula is C23H16N2O4. The van der Waals surface area contributed by atoms with Crippen LogP contribution in [0.15, 0.2) is 66.7 Å². The lowest BCUT2D eigenvalue weighted by Crippen LogP contribution is -2.02. The molecule has 0 unspecified atom stereocenters. The zero-order valence-electron chi connectivity index (χ0n) is 15.5. The smallest absolute Gasteiger partial charge is 0.298 e. The first-order valence-electron chi connectivity index (χ1n) is 8.89. The van der Waals surface area contributed by atoms with Crippen molar-refractivity contribution in [1.29, 1.82) is 0 Å². The molecule has 6 nitrogen and oxygen atoms in total. The van der Waals surface area contributed by atoms with Crippen molar-refractivity contribution in [2.75, 3.05) is 0 Å². The normalized spacial score (nSPS) is 10.5. The van der Waals surface area contributed by atoms with Crippen LogP contribution >= 0.6 is 0 Å². The summed E-state index contributed by atoms with van der Waals surface area (Å²) in [4.78, 5) is 31.7. The van der Waals surface area contributed by atoms with E-state index in [2.05, 4.69) is 0 Å². The van der Waals surface area contributed by atoms with E-state index in [-0.39, 0.29) is 11.5 Å². The van der Waals surface area contributed by atoms with E-state index in [1.807, 2.05) is 60.7 Å². The predicted octanol–water partition coefficient (Wildman–Crippen LogP) is 4.34. The molecule has 142 valence electrons. The van der Waals surface area contributed by atoms with E-state index in [0.29, 0.717) is 40.9 Å². The van der Waals surface area contributed by atoms with Gasteiger partial charge in [0, 0.05) is 11.1 Å². The zero-order valence-corrected chi connectivity index (χ0v) is 15.5. The maximum absolute atomic E-state index is 11.1. The first-order valence-corrected chi connectivity index (χ1v) is 8.89. The number of fused-ring (bicyclic) bond motifs is 1. The quantitative estimate of drug-likeness (QED) is 0.460. The lowest BCUT2D eigenvalue weighted by atomic mass is 10.0. The summed E-state index contributed by atoms with van der Waals surface area (Å²) >= 11 is 0. The van der Waals surface area contributed by atoms with Crippen molar-refractivity contribution in [3.05, 3.63) is 72.3 Å². The third-order valence-electron chi connectivity index (χ3n) is 4.49. The van der Waals surface area contributed by atoms with Gasteiger partial charge in [-0.15, -0.1) is 0 Å². The van der Waals surface area contributed by atoms with Crippen molar-refractivity contribution in [3.8, 4) is 34.0 Å². The lowest BCUT2D eigenvalue weighted by molar-refractivity contribution is -0.121. The number of hydrogen-bond donors (Lipinski definition) is 0. The molecule has 0 amide bonds. The SMILES string of the molecule is Cc1cc(OC=O)c2nc(-c3ccccc3)c(-c3ccccc3)nc2c1OC=O. The van der Waals surface area contributed by atoms with Crippen LogP contribution in [0.5, 0.6) is 11.5 Å². The van der Waals surface area contributed by atoms with Crippen LogP contribution in [0.3, 0.4) is 0 Å². The molecule has 0 fully saturated rings. The highest BCUT2D eigenvalue weighted by Crippen LogP contribution is 2.38. The summed E-state index contributed by atoms with van der Waals surface area (Å²) in [7, 11) is 0. The van der Waals surface area contributed by atoms with Gasteiger partial charge in [0.15, 0.2) is 11.5 Å². The molecule has 6 heteroatoms. The Kier molecular flexibility index (Phi) is 4.99. The molecule has 0 aliphatic rings. The van der Waals surface area contributed by atoms with Gasteiger partial charge in [-0.1, -0.05) is 60.7 Å². The minimum absolute atomic E-state index is 0.245. The average molecular weight is 384 g/mol. The first-order chi connectivity index (χ1) is 14.2. The molecule has 0 atom stereocenters. The van der Waals surface area contributed by atoms with Gasteiger partial charge in [0.05, 0.1) is 11.4 Å². The van der Waals surface area contributed by atoms with Crippen LogP contribution in [0, 0.1) is 6.92 Å². The number of carbonyl (C=O) groups excluding carboxylic acids is 2. The van der Waals surface area contributed by atoms with E-state index in [1.54, 1.807) is 13.0 Å². The molecule has 0 N–H and O–H groups in total. The summed E-state index contributed by atoms with van der Waals surface area (Å²) in [5, 5.41) is 0. The molecule has 0 aliphatic heterocycles. The van der Waals surface area contributed by atoms with Gasteiger partial charge in [-0.05, 0) is 18.6 Å². The molecule has 0 radical (unpaired) electrons. The number of aryl methyl sites for hydroxylation is 1. The Hall–Kier alpha value is -4.06. The van der Waals surface area contributed by atoms with E-state index in [0.717, 1.165) is 11.1 Å². The van der Waals surface area contributed by atoms with Crippen LogP contribution < -0.4 is 9.47 Å². The van der Waals surface area contributed by atoms with Gasteiger partial charge in [-0.25, -0.2) is 9.97 Å². The molecule has 3 aromatic carbocycles. The first kappa shape index (κ1) is 18.3. The number of hydrogen-bond acceptors (Lipinski definition) is 6. The van der Waals surface area contributed by atoms with Crippen LogP contribution in [-0.2, 0) is 9.59 Å². The van der Waals surface area contributed by atoms with Gasteiger partial charge >= 0.3 is 0 Å². The maximum Gasteiger partial charge on any atom is 0.298 e. The van der Waals surface area contributed by atoms with Gasteiger partial charge < -0.3 is 9.47 Å². The second kappa shape index (κ2) is 7.90. The van der Waals surface area contributed by atoms with Crippen molar-refractivity contribution in [2.24, 2.45) is 0 Å². The summed E-state index contributed by atoms with van der Waals surface area (Å²) in [5.41, 5.74) is 4.24. The number of ether oxygens (including phenoxy) is 2. The largest absolute Gasteiger partial charge is 0.426 e. The van der Waals surface area contributed by atoms with E-state index >= 15 is 0 Å². The van der Waals surface area contributed by atoms with Gasteiger partial charge in [-0.2, -0.15) is 0 Å². The predicted molar refractivity (Wildman–Crippen MR) is 109 cm³/mol. The fraction of sp³-hybridized carbons (Fsp3) is 0.0435. The summed E-state index contributed by atoms with van der Waals surface area (Å²) < 4.78 is 10.3. The molecule has 0 aliphatic carbocycles. The third kappa shape index (κ3) is 3.43. The molecule has 1 heterocycles. The molecule has 29 heavy (non-hydrogen) atoms. The fourth-order valence-electron chi connectivity index (χ4n) is 3.22. The lowest BCUT2D eigenvalue weighted by Gasteiger charge is -2.15. The third-order valence-corrected chi connectivity index (χ3v) is 4.49.